The number of phenols is 1. The number of phenolic OH excluding ortho intramolecular Hbond substituents is 1. The van der Waals surface area contributed by atoms with E-state index in [0.717, 1.165) is 0 Å². The molecule has 1 heterocycles. The molecule has 1 aromatic heterocycles. The van der Waals surface area contributed by atoms with Gasteiger partial charge < -0.3 is 10.4 Å². The Hall–Kier alpha value is -2.63. The quantitative estimate of drug-likeness (QED) is 0.706. The van der Waals surface area contributed by atoms with Crippen LogP contribution in [0.3, 0.4) is 0 Å². The fourth-order valence-corrected chi connectivity index (χ4v) is 1.38. The van der Waals surface area contributed by atoms with Gasteiger partial charge in [-0.1, -0.05) is 0 Å². The average molecular weight is 244 g/mol. The Kier molecular flexibility index (Phi) is 3.38. The number of rotatable bonds is 2. The summed E-state index contributed by atoms with van der Waals surface area (Å²) in [7, 11) is 0. The van der Waals surface area contributed by atoms with Gasteiger partial charge in [-0.2, -0.15) is 5.10 Å². The molecule has 0 aliphatic carbocycles. The Morgan fingerprint density at radius 3 is 2.78 bits per heavy atom. The molecule has 3 N–H and O–H groups in total. The van der Waals surface area contributed by atoms with Crippen LogP contribution in [-0.4, -0.2) is 21.3 Å². The number of hydrogen-bond acceptors (Lipinski definition) is 4. The summed E-state index contributed by atoms with van der Waals surface area (Å²) in [4.78, 5) is 11.6. The number of nitrogens with zero attached hydrogens (tertiary/aromatic N) is 2. The summed E-state index contributed by atoms with van der Waals surface area (Å²) < 4.78 is 0. The van der Waals surface area contributed by atoms with Gasteiger partial charge in [0.15, 0.2) is 5.82 Å². The number of carbonyl (C=O) groups excluding carboxylic acids is 1. The fraction of sp³-hybridized carbons (Fsp3) is 0.0833. The highest BCUT2D eigenvalue weighted by molar-refractivity contribution is 5.99. The van der Waals surface area contributed by atoms with E-state index in [4.69, 9.17) is 0 Å². The maximum Gasteiger partial charge on any atom is 0.324 e. The monoisotopic (exact) mass is 244 g/mol. The Morgan fingerprint density at radius 1 is 1.28 bits per heavy atom. The van der Waals surface area contributed by atoms with Crippen molar-refractivity contribution in [1.82, 2.24) is 10.2 Å². The van der Waals surface area contributed by atoms with Crippen molar-refractivity contribution in [2.75, 3.05) is 10.6 Å². The molecule has 1 aromatic carbocycles. The molecule has 0 aliphatic rings. The first kappa shape index (κ1) is 11.8. The summed E-state index contributed by atoms with van der Waals surface area (Å²) in [5, 5.41) is 21.9. The highest BCUT2D eigenvalue weighted by atomic mass is 16.3. The standard InChI is InChI=1S/C12H12N4O2/c1-8-7-9(4-5-10(8)17)14-12(18)15-11-3-2-6-13-16-11/h2-7,17H,1H3,(H2,14,15,16,18). The second-order valence-electron chi connectivity index (χ2n) is 3.69. The van der Waals surface area contributed by atoms with Crippen molar-refractivity contribution in [2.45, 2.75) is 6.92 Å². The lowest BCUT2D eigenvalue weighted by Gasteiger charge is -2.07. The van der Waals surface area contributed by atoms with Gasteiger partial charge in [0.2, 0.25) is 0 Å². The lowest BCUT2D eigenvalue weighted by atomic mass is 10.2. The Bertz CT molecular complexity index is 557. The van der Waals surface area contributed by atoms with Gasteiger partial charge in [-0.15, -0.1) is 5.10 Å². The van der Waals surface area contributed by atoms with E-state index in [9.17, 15) is 9.90 Å². The summed E-state index contributed by atoms with van der Waals surface area (Å²) in [6.45, 7) is 1.75. The predicted molar refractivity (Wildman–Crippen MR) is 67.5 cm³/mol. The topological polar surface area (TPSA) is 87.1 Å². The van der Waals surface area contributed by atoms with Gasteiger partial charge in [-0.05, 0) is 42.8 Å². The molecule has 6 nitrogen and oxygen atoms in total. The molecule has 2 aromatic rings. The zero-order chi connectivity index (χ0) is 13.0. The third kappa shape index (κ3) is 2.94. The number of aromatic hydroxyl groups is 1. The summed E-state index contributed by atoms with van der Waals surface area (Å²) >= 11 is 0. The van der Waals surface area contributed by atoms with Gasteiger partial charge in [-0.3, -0.25) is 5.32 Å². The highest BCUT2D eigenvalue weighted by Crippen LogP contribution is 2.20. The number of aromatic nitrogens is 2. The van der Waals surface area contributed by atoms with Crippen LogP contribution in [0.4, 0.5) is 16.3 Å². The average Bonchev–Trinajstić information content (AvgIpc) is 2.35. The van der Waals surface area contributed by atoms with Crippen molar-refractivity contribution in [2.24, 2.45) is 0 Å². The highest BCUT2D eigenvalue weighted by Gasteiger charge is 2.04. The normalized spacial score (nSPS) is 9.83. The van der Waals surface area contributed by atoms with Crippen LogP contribution in [-0.2, 0) is 0 Å². The molecule has 0 unspecified atom stereocenters. The number of aryl methyl sites for hydroxylation is 1. The van der Waals surface area contributed by atoms with Crippen molar-refractivity contribution in [1.29, 1.82) is 0 Å². The number of benzene rings is 1. The molecule has 92 valence electrons. The SMILES string of the molecule is Cc1cc(NC(=O)Nc2cccnn2)ccc1O. The van der Waals surface area contributed by atoms with Crippen molar-refractivity contribution in [3.05, 3.63) is 42.1 Å². The zero-order valence-electron chi connectivity index (χ0n) is 9.71. The van der Waals surface area contributed by atoms with Crippen LogP contribution in [0.5, 0.6) is 5.75 Å². The van der Waals surface area contributed by atoms with E-state index in [2.05, 4.69) is 20.8 Å². The van der Waals surface area contributed by atoms with Gasteiger partial charge >= 0.3 is 6.03 Å². The first-order valence-electron chi connectivity index (χ1n) is 5.30. The van der Waals surface area contributed by atoms with Crippen molar-refractivity contribution >= 4 is 17.5 Å². The number of anilines is 2. The third-order valence-corrected chi connectivity index (χ3v) is 2.27. The Balaban J connectivity index is 2.01. The van der Waals surface area contributed by atoms with Gasteiger partial charge in [0.05, 0.1) is 0 Å². The molecule has 0 saturated carbocycles. The molecule has 0 fully saturated rings. The van der Waals surface area contributed by atoms with E-state index < -0.39 is 6.03 Å². The molecule has 6 heteroatoms. The molecule has 0 atom stereocenters. The molecule has 18 heavy (non-hydrogen) atoms. The molecular formula is C12H12N4O2. The summed E-state index contributed by atoms with van der Waals surface area (Å²) in [6.07, 6.45) is 1.52. The molecule has 0 radical (unpaired) electrons. The minimum atomic E-state index is -0.416. The molecule has 0 saturated heterocycles. The predicted octanol–water partition coefficient (Wildman–Crippen LogP) is 2.13. The molecule has 2 rings (SSSR count). The van der Waals surface area contributed by atoms with E-state index in [1.54, 1.807) is 31.2 Å². The molecule has 2 amide bonds. The van der Waals surface area contributed by atoms with Gasteiger partial charge in [0.1, 0.15) is 5.75 Å². The molecule has 0 aliphatic heterocycles. The van der Waals surface area contributed by atoms with Gasteiger partial charge in [0.25, 0.3) is 0 Å². The number of urea groups is 1. The summed E-state index contributed by atoms with van der Waals surface area (Å²) in [5.74, 6) is 0.556. The molecule has 0 bridgehead atoms. The number of amides is 2. The van der Waals surface area contributed by atoms with Crippen LogP contribution >= 0.6 is 0 Å². The maximum absolute atomic E-state index is 11.6. The van der Waals surface area contributed by atoms with E-state index in [-0.39, 0.29) is 5.75 Å². The van der Waals surface area contributed by atoms with Gasteiger partial charge in [-0.25, -0.2) is 4.79 Å². The second-order valence-corrected chi connectivity index (χ2v) is 3.69. The Morgan fingerprint density at radius 2 is 2.11 bits per heavy atom. The smallest absolute Gasteiger partial charge is 0.324 e. The van der Waals surface area contributed by atoms with E-state index in [1.807, 2.05) is 0 Å². The van der Waals surface area contributed by atoms with E-state index >= 15 is 0 Å². The van der Waals surface area contributed by atoms with Gasteiger partial charge in [0, 0.05) is 11.9 Å². The zero-order valence-corrected chi connectivity index (χ0v) is 9.71. The van der Waals surface area contributed by atoms with Crippen LogP contribution in [0.15, 0.2) is 36.5 Å². The minimum Gasteiger partial charge on any atom is -0.508 e. The number of nitrogens with one attached hydrogen (secondary N) is 2. The maximum atomic E-state index is 11.6. The minimum absolute atomic E-state index is 0.190. The van der Waals surface area contributed by atoms with Crippen molar-refractivity contribution < 1.29 is 9.90 Å². The lowest BCUT2D eigenvalue weighted by Crippen LogP contribution is -2.20. The summed E-state index contributed by atoms with van der Waals surface area (Å²) in [6, 6.07) is 7.69. The second kappa shape index (κ2) is 5.13. The van der Waals surface area contributed by atoms with Crippen molar-refractivity contribution in [3.63, 3.8) is 0 Å². The largest absolute Gasteiger partial charge is 0.508 e. The van der Waals surface area contributed by atoms with Crippen LogP contribution in [0.1, 0.15) is 5.56 Å². The van der Waals surface area contributed by atoms with E-state index in [0.29, 0.717) is 17.1 Å². The van der Waals surface area contributed by atoms with Crippen LogP contribution in [0, 0.1) is 6.92 Å². The van der Waals surface area contributed by atoms with Crippen LogP contribution in [0.2, 0.25) is 0 Å². The fourth-order valence-electron chi connectivity index (χ4n) is 1.38. The molecule has 0 spiro atoms. The van der Waals surface area contributed by atoms with Crippen LogP contribution < -0.4 is 10.6 Å². The first-order chi connectivity index (χ1) is 8.65. The van der Waals surface area contributed by atoms with Crippen LogP contribution in [0.25, 0.3) is 0 Å². The third-order valence-electron chi connectivity index (χ3n) is 2.27. The van der Waals surface area contributed by atoms with Crippen molar-refractivity contribution in [3.8, 4) is 5.75 Å². The Labute approximate surface area is 104 Å². The molecular weight excluding hydrogens is 232 g/mol. The lowest BCUT2D eigenvalue weighted by molar-refractivity contribution is 0.262. The number of hydrogen-bond donors (Lipinski definition) is 3. The first-order valence-corrected chi connectivity index (χ1v) is 5.30. The summed E-state index contributed by atoms with van der Waals surface area (Å²) in [5.41, 5.74) is 1.28. The number of carbonyl (C=O) groups is 1. The van der Waals surface area contributed by atoms with E-state index in [1.165, 1.54) is 12.3 Å².